The van der Waals surface area contributed by atoms with Crippen LogP contribution in [-0.2, 0) is 6.54 Å². The Bertz CT molecular complexity index is 867. The molecule has 2 aromatic heterocycles. The average Bonchev–Trinajstić information content (AvgIpc) is 2.81. The van der Waals surface area contributed by atoms with Crippen LogP contribution in [-0.4, -0.2) is 19.4 Å². The standard InChI is InChI=1S/C11H7ClN4O2S/c12-9-8(13-15-19-9)5-16-11(18)7-4-2-1-3-6(7)10(17)14-16/h1-4H,5H2,(H,14,17). The number of benzene rings is 1. The minimum atomic E-state index is -0.325. The first-order valence-corrected chi connectivity index (χ1v) is 6.50. The van der Waals surface area contributed by atoms with E-state index in [0.29, 0.717) is 20.8 Å². The Hall–Kier alpha value is -1.99. The monoisotopic (exact) mass is 294 g/mol. The van der Waals surface area contributed by atoms with Crippen molar-refractivity contribution in [2.45, 2.75) is 6.54 Å². The summed E-state index contributed by atoms with van der Waals surface area (Å²) in [5.41, 5.74) is -0.159. The summed E-state index contributed by atoms with van der Waals surface area (Å²) in [5, 5.41) is 7.06. The van der Waals surface area contributed by atoms with Gasteiger partial charge in [-0.05, 0) is 12.1 Å². The number of aromatic amines is 1. The summed E-state index contributed by atoms with van der Waals surface area (Å²) in [5.74, 6) is 0. The maximum atomic E-state index is 12.2. The van der Waals surface area contributed by atoms with Gasteiger partial charge in [0.25, 0.3) is 11.1 Å². The van der Waals surface area contributed by atoms with Crippen molar-refractivity contribution in [1.29, 1.82) is 0 Å². The Morgan fingerprint density at radius 1 is 1.26 bits per heavy atom. The predicted octanol–water partition coefficient (Wildman–Crippen LogP) is 1.24. The predicted molar refractivity (Wildman–Crippen MR) is 72.8 cm³/mol. The number of nitrogens with one attached hydrogen (secondary N) is 1. The number of fused-ring (bicyclic) bond motifs is 1. The zero-order valence-corrected chi connectivity index (χ0v) is 11.0. The highest BCUT2D eigenvalue weighted by molar-refractivity contribution is 7.10. The van der Waals surface area contributed by atoms with Gasteiger partial charge in [0.05, 0.1) is 17.3 Å². The molecule has 1 N–H and O–H groups in total. The van der Waals surface area contributed by atoms with Gasteiger partial charge in [-0.3, -0.25) is 14.7 Å². The SMILES string of the molecule is O=c1[nH]n(Cc2nnsc2Cl)c(=O)c2ccccc12. The highest BCUT2D eigenvalue weighted by atomic mass is 35.5. The molecular formula is C11H7ClN4O2S. The third kappa shape index (κ3) is 2.06. The molecule has 0 aliphatic heterocycles. The van der Waals surface area contributed by atoms with E-state index in [9.17, 15) is 9.59 Å². The fraction of sp³-hybridized carbons (Fsp3) is 0.0909. The molecule has 2 heterocycles. The van der Waals surface area contributed by atoms with Crippen LogP contribution in [0.1, 0.15) is 5.69 Å². The van der Waals surface area contributed by atoms with E-state index in [1.807, 2.05) is 0 Å². The van der Waals surface area contributed by atoms with Gasteiger partial charge in [-0.25, -0.2) is 4.68 Å². The minimum Gasteiger partial charge on any atom is -0.267 e. The van der Waals surface area contributed by atoms with E-state index in [2.05, 4.69) is 14.7 Å². The van der Waals surface area contributed by atoms with Crippen LogP contribution in [0.2, 0.25) is 4.34 Å². The lowest BCUT2D eigenvalue weighted by atomic mass is 10.2. The zero-order valence-electron chi connectivity index (χ0n) is 9.46. The molecule has 0 aliphatic rings. The molecule has 8 heteroatoms. The van der Waals surface area contributed by atoms with Crippen LogP contribution in [0, 0.1) is 0 Å². The topological polar surface area (TPSA) is 80.6 Å². The van der Waals surface area contributed by atoms with E-state index in [1.54, 1.807) is 24.3 Å². The molecule has 96 valence electrons. The molecule has 0 saturated carbocycles. The molecule has 1 aromatic carbocycles. The van der Waals surface area contributed by atoms with Crippen molar-refractivity contribution in [2.24, 2.45) is 0 Å². The lowest BCUT2D eigenvalue weighted by Gasteiger charge is -2.05. The first-order chi connectivity index (χ1) is 9.16. The van der Waals surface area contributed by atoms with Crippen LogP contribution >= 0.6 is 23.1 Å². The minimum absolute atomic E-state index is 0.0915. The molecule has 3 aromatic rings. The quantitative estimate of drug-likeness (QED) is 0.771. The summed E-state index contributed by atoms with van der Waals surface area (Å²) < 4.78 is 5.28. The molecule has 0 amide bonds. The Morgan fingerprint density at radius 3 is 2.68 bits per heavy atom. The van der Waals surface area contributed by atoms with Gasteiger partial charge >= 0.3 is 0 Å². The maximum absolute atomic E-state index is 12.2. The number of halogens is 1. The molecule has 0 spiro atoms. The van der Waals surface area contributed by atoms with Crippen molar-refractivity contribution in [1.82, 2.24) is 19.4 Å². The fourth-order valence-electron chi connectivity index (χ4n) is 1.80. The number of H-pyrrole nitrogens is 1. The largest absolute Gasteiger partial charge is 0.273 e. The smallest absolute Gasteiger partial charge is 0.267 e. The second kappa shape index (κ2) is 4.60. The summed E-state index contributed by atoms with van der Waals surface area (Å²) in [6.07, 6.45) is 0. The number of rotatable bonds is 2. The Labute approximate surface area is 115 Å². The van der Waals surface area contributed by atoms with Crippen molar-refractivity contribution < 1.29 is 0 Å². The molecule has 3 rings (SSSR count). The van der Waals surface area contributed by atoms with E-state index < -0.39 is 0 Å². The molecule has 0 fully saturated rings. The summed E-state index contributed by atoms with van der Waals surface area (Å²) in [6.45, 7) is 0.0915. The lowest BCUT2D eigenvalue weighted by Crippen LogP contribution is -2.30. The molecule has 0 aliphatic carbocycles. The van der Waals surface area contributed by atoms with Gasteiger partial charge in [0, 0.05) is 11.5 Å². The van der Waals surface area contributed by atoms with Crippen LogP contribution in [0.3, 0.4) is 0 Å². The van der Waals surface area contributed by atoms with Gasteiger partial charge in [-0.2, -0.15) is 0 Å². The van der Waals surface area contributed by atoms with Crippen LogP contribution in [0.25, 0.3) is 10.8 Å². The first kappa shape index (κ1) is 12.1. The van der Waals surface area contributed by atoms with Crippen molar-refractivity contribution in [3.63, 3.8) is 0 Å². The number of hydrogen-bond donors (Lipinski definition) is 1. The Kier molecular flexibility index (Phi) is 2.92. The van der Waals surface area contributed by atoms with Crippen LogP contribution in [0.4, 0.5) is 0 Å². The normalized spacial score (nSPS) is 11.0. The maximum Gasteiger partial charge on any atom is 0.273 e. The number of nitrogens with zero attached hydrogens (tertiary/aromatic N) is 3. The number of hydrogen-bond acceptors (Lipinski definition) is 5. The number of aromatic nitrogens is 4. The van der Waals surface area contributed by atoms with E-state index >= 15 is 0 Å². The molecule has 0 radical (unpaired) electrons. The van der Waals surface area contributed by atoms with Crippen LogP contribution < -0.4 is 11.1 Å². The summed E-state index contributed by atoms with van der Waals surface area (Å²) in [7, 11) is 0. The van der Waals surface area contributed by atoms with Crippen LogP contribution in [0.15, 0.2) is 33.9 Å². The molecule has 0 bridgehead atoms. The summed E-state index contributed by atoms with van der Waals surface area (Å²) >= 11 is 6.92. The van der Waals surface area contributed by atoms with Gasteiger partial charge in [0.1, 0.15) is 10.0 Å². The highest BCUT2D eigenvalue weighted by Crippen LogP contribution is 2.17. The van der Waals surface area contributed by atoms with Crippen molar-refractivity contribution >= 4 is 33.9 Å². The van der Waals surface area contributed by atoms with Crippen LogP contribution in [0.5, 0.6) is 0 Å². The van der Waals surface area contributed by atoms with Gasteiger partial charge in [-0.1, -0.05) is 28.2 Å². The van der Waals surface area contributed by atoms with Gasteiger partial charge < -0.3 is 0 Å². The lowest BCUT2D eigenvalue weighted by molar-refractivity contribution is 0.625. The molecule has 19 heavy (non-hydrogen) atoms. The van der Waals surface area contributed by atoms with Crippen molar-refractivity contribution in [2.75, 3.05) is 0 Å². The van der Waals surface area contributed by atoms with E-state index in [4.69, 9.17) is 11.6 Å². The molecule has 0 unspecified atom stereocenters. The summed E-state index contributed by atoms with van der Waals surface area (Å²) in [6, 6.07) is 6.65. The highest BCUT2D eigenvalue weighted by Gasteiger charge is 2.10. The fourth-order valence-corrected chi connectivity index (χ4v) is 2.41. The van der Waals surface area contributed by atoms with Crippen molar-refractivity contribution in [3.8, 4) is 0 Å². The first-order valence-electron chi connectivity index (χ1n) is 5.35. The average molecular weight is 295 g/mol. The third-order valence-corrected chi connectivity index (χ3v) is 3.69. The zero-order chi connectivity index (χ0) is 13.4. The third-order valence-electron chi connectivity index (χ3n) is 2.70. The second-order valence-electron chi connectivity index (χ2n) is 3.87. The molecular weight excluding hydrogens is 288 g/mol. The van der Waals surface area contributed by atoms with Crippen molar-refractivity contribution in [3.05, 3.63) is 55.0 Å². The molecule has 6 nitrogen and oxygen atoms in total. The molecule has 0 atom stereocenters. The van der Waals surface area contributed by atoms with E-state index in [-0.39, 0.29) is 17.7 Å². The van der Waals surface area contributed by atoms with E-state index in [1.165, 1.54) is 4.68 Å². The Morgan fingerprint density at radius 2 is 2.00 bits per heavy atom. The second-order valence-corrected chi connectivity index (χ2v) is 5.23. The van der Waals surface area contributed by atoms with E-state index in [0.717, 1.165) is 11.5 Å². The van der Waals surface area contributed by atoms with Gasteiger partial charge in [-0.15, -0.1) is 5.10 Å². The summed E-state index contributed by atoms with van der Waals surface area (Å²) in [4.78, 5) is 24.1. The molecule has 0 saturated heterocycles. The van der Waals surface area contributed by atoms with Gasteiger partial charge in [0.15, 0.2) is 0 Å². The van der Waals surface area contributed by atoms with Gasteiger partial charge in [0.2, 0.25) is 0 Å². The Balaban J connectivity index is 2.21.